The molecule has 6 heteroatoms. The minimum atomic E-state index is -0.329. The van der Waals surface area contributed by atoms with Crippen LogP contribution in [0.1, 0.15) is 9.67 Å². The fourth-order valence-electron chi connectivity index (χ4n) is 1.49. The minimum absolute atomic E-state index is 0.0556. The number of benzene rings is 1. The van der Waals surface area contributed by atoms with Gasteiger partial charge in [-0.05, 0) is 6.07 Å². The summed E-state index contributed by atoms with van der Waals surface area (Å²) in [6.07, 6.45) is 0. The first kappa shape index (κ1) is 12.9. The standard InChI is InChI=1S/C12H11ClN2O2S/c1-14-9(16)6-15-12(17)11-10(13)7-4-2-3-5-8(7)18-11/h2-5H,6H2,1H3,(H,14,16)(H,15,17). The summed E-state index contributed by atoms with van der Waals surface area (Å²) in [4.78, 5) is 23.4. The molecule has 4 nitrogen and oxygen atoms in total. The van der Waals surface area contributed by atoms with Crippen LogP contribution in [-0.4, -0.2) is 25.4 Å². The molecule has 2 amide bonds. The summed E-state index contributed by atoms with van der Waals surface area (Å²) < 4.78 is 0.951. The van der Waals surface area contributed by atoms with Crippen LogP contribution in [0.2, 0.25) is 5.02 Å². The largest absolute Gasteiger partial charge is 0.358 e. The lowest BCUT2D eigenvalue weighted by atomic mass is 10.2. The highest BCUT2D eigenvalue weighted by Crippen LogP contribution is 2.34. The smallest absolute Gasteiger partial charge is 0.263 e. The highest BCUT2D eigenvalue weighted by Gasteiger charge is 2.16. The van der Waals surface area contributed by atoms with Gasteiger partial charge in [0.25, 0.3) is 5.91 Å². The Morgan fingerprint density at radius 3 is 2.72 bits per heavy atom. The van der Waals surface area contributed by atoms with Crippen molar-refractivity contribution in [2.24, 2.45) is 0 Å². The molecule has 2 rings (SSSR count). The van der Waals surface area contributed by atoms with E-state index < -0.39 is 0 Å². The summed E-state index contributed by atoms with van der Waals surface area (Å²) in [7, 11) is 1.51. The Labute approximate surface area is 113 Å². The monoisotopic (exact) mass is 282 g/mol. The zero-order valence-corrected chi connectivity index (χ0v) is 11.2. The van der Waals surface area contributed by atoms with Crippen LogP contribution < -0.4 is 10.6 Å². The molecule has 0 aliphatic carbocycles. The third kappa shape index (κ3) is 2.47. The molecule has 1 heterocycles. The molecule has 1 aromatic heterocycles. The molecule has 0 radical (unpaired) electrons. The number of hydrogen-bond donors (Lipinski definition) is 2. The van der Waals surface area contributed by atoms with E-state index in [9.17, 15) is 9.59 Å². The van der Waals surface area contributed by atoms with Crippen LogP contribution >= 0.6 is 22.9 Å². The first-order valence-electron chi connectivity index (χ1n) is 5.29. The van der Waals surface area contributed by atoms with E-state index in [1.807, 2.05) is 24.3 Å². The molecule has 0 unspecified atom stereocenters. The summed E-state index contributed by atoms with van der Waals surface area (Å²) >= 11 is 7.47. The van der Waals surface area contributed by atoms with Crippen molar-refractivity contribution in [2.75, 3.05) is 13.6 Å². The number of rotatable bonds is 3. The Balaban J connectivity index is 2.23. The van der Waals surface area contributed by atoms with E-state index in [0.717, 1.165) is 10.1 Å². The van der Waals surface area contributed by atoms with Gasteiger partial charge in [0.05, 0.1) is 11.6 Å². The molecule has 0 aliphatic heterocycles. The molecule has 0 fully saturated rings. The molecular formula is C12H11ClN2O2S. The van der Waals surface area contributed by atoms with Crippen molar-refractivity contribution in [1.29, 1.82) is 0 Å². The van der Waals surface area contributed by atoms with Crippen molar-refractivity contribution >= 4 is 44.8 Å². The summed E-state index contributed by atoms with van der Waals surface area (Å²) in [5.74, 6) is -0.578. The van der Waals surface area contributed by atoms with Gasteiger partial charge in [-0.2, -0.15) is 0 Å². The molecule has 0 saturated carbocycles. The van der Waals surface area contributed by atoms with Gasteiger partial charge < -0.3 is 10.6 Å². The molecular weight excluding hydrogens is 272 g/mol. The van der Waals surface area contributed by atoms with E-state index in [1.54, 1.807) is 0 Å². The number of likely N-dealkylation sites (N-methyl/N-ethyl adjacent to an activating group) is 1. The van der Waals surface area contributed by atoms with E-state index in [0.29, 0.717) is 9.90 Å². The Morgan fingerprint density at radius 1 is 1.33 bits per heavy atom. The van der Waals surface area contributed by atoms with E-state index >= 15 is 0 Å². The van der Waals surface area contributed by atoms with Crippen molar-refractivity contribution in [3.8, 4) is 0 Å². The molecule has 1 aromatic carbocycles. The highest BCUT2D eigenvalue weighted by atomic mass is 35.5. The maximum atomic E-state index is 11.9. The number of nitrogens with one attached hydrogen (secondary N) is 2. The number of amides is 2. The fourth-order valence-corrected chi connectivity index (χ4v) is 2.92. The average Bonchev–Trinajstić information content (AvgIpc) is 2.73. The summed E-state index contributed by atoms with van der Waals surface area (Å²) in [5, 5.41) is 6.25. The van der Waals surface area contributed by atoms with Crippen LogP contribution in [0.25, 0.3) is 10.1 Å². The molecule has 0 bridgehead atoms. The first-order valence-corrected chi connectivity index (χ1v) is 6.48. The maximum Gasteiger partial charge on any atom is 0.263 e. The Kier molecular flexibility index (Phi) is 3.84. The van der Waals surface area contributed by atoms with Gasteiger partial charge in [-0.15, -0.1) is 11.3 Å². The summed E-state index contributed by atoms with van der Waals surface area (Å²) in [5.41, 5.74) is 0. The molecule has 0 atom stereocenters. The lowest BCUT2D eigenvalue weighted by Crippen LogP contribution is -2.34. The van der Waals surface area contributed by atoms with E-state index in [2.05, 4.69) is 10.6 Å². The second-order valence-corrected chi connectivity index (χ2v) is 5.03. The van der Waals surface area contributed by atoms with Gasteiger partial charge in [0.2, 0.25) is 5.91 Å². The predicted molar refractivity (Wildman–Crippen MR) is 73.2 cm³/mol. The van der Waals surface area contributed by atoms with Crippen LogP contribution in [0.15, 0.2) is 24.3 Å². The van der Waals surface area contributed by atoms with Gasteiger partial charge in [0.1, 0.15) is 4.88 Å². The van der Waals surface area contributed by atoms with Gasteiger partial charge in [-0.25, -0.2) is 0 Å². The number of carbonyl (C=O) groups excluding carboxylic acids is 2. The minimum Gasteiger partial charge on any atom is -0.358 e. The topological polar surface area (TPSA) is 58.2 Å². The molecule has 94 valence electrons. The second-order valence-electron chi connectivity index (χ2n) is 3.60. The lowest BCUT2D eigenvalue weighted by molar-refractivity contribution is -0.119. The Morgan fingerprint density at radius 2 is 2.06 bits per heavy atom. The van der Waals surface area contributed by atoms with Crippen molar-refractivity contribution in [1.82, 2.24) is 10.6 Å². The Hall–Kier alpha value is -1.59. The third-order valence-corrected chi connectivity index (χ3v) is 4.10. The van der Waals surface area contributed by atoms with Crippen molar-refractivity contribution in [3.63, 3.8) is 0 Å². The quantitative estimate of drug-likeness (QED) is 0.905. The molecule has 2 N–H and O–H groups in total. The second kappa shape index (κ2) is 5.37. The number of hydrogen-bond acceptors (Lipinski definition) is 3. The lowest BCUT2D eigenvalue weighted by Gasteiger charge is -2.02. The molecule has 0 saturated heterocycles. The van der Waals surface area contributed by atoms with Crippen LogP contribution in [0.4, 0.5) is 0 Å². The van der Waals surface area contributed by atoms with Crippen LogP contribution in [-0.2, 0) is 4.79 Å². The number of thiophene rings is 1. The fraction of sp³-hybridized carbons (Fsp3) is 0.167. The van der Waals surface area contributed by atoms with Gasteiger partial charge >= 0.3 is 0 Å². The number of halogens is 1. The van der Waals surface area contributed by atoms with Gasteiger partial charge in [-0.1, -0.05) is 29.8 Å². The van der Waals surface area contributed by atoms with Crippen molar-refractivity contribution in [3.05, 3.63) is 34.2 Å². The van der Waals surface area contributed by atoms with Crippen molar-refractivity contribution < 1.29 is 9.59 Å². The molecule has 18 heavy (non-hydrogen) atoms. The average molecular weight is 283 g/mol. The van der Waals surface area contributed by atoms with E-state index in [1.165, 1.54) is 18.4 Å². The van der Waals surface area contributed by atoms with Crippen molar-refractivity contribution in [2.45, 2.75) is 0 Å². The summed E-state index contributed by atoms with van der Waals surface area (Å²) in [6.45, 7) is -0.0556. The molecule has 0 spiro atoms. The number of fused-ring (bicyclic) bond motifs is 1. The van der Waals surface area contributed by atoms with Gasteiger partial charge in [0, 0.05) is 17.1 Å². The first-order chi connectivity index (χ1) is 8.63. The zero-order valence-electron chi connectivity index (χ0n) is 9.62. The zero-order chi connectivity index (χ0) is 13.1. The van der Waals surface area contributed by atoms with Gasteiger partial charge in [0.15, 0.2) is 0 Å². The van der Waals surface area contributed by atoms with Crippen LogP contribution in [0.3, 0.4) is 0 Å². The number of carbonyl (C=O) groups is 2. The van der Waals surface area contributed by atoms with E-state index in [-0.39, 0.29) is 18.4 Å². The Bertz CT molecular complexity index is 609. The molecule has 0 aliphatic rings. The molecule has 2 aromatic rings. The summed E-state index contributed by atoms with van der Waals surface area (Å²) in [6, 6.07) is 7.53. The normalized spacial score (nSPS) is 10.3. The van der Waals surface area contributed by atoms with Crippen LogP contribution in [0.5, 0.6) is 0 Å². The highest BCUT2D eigenvalue weighted by molar-refractivity contribution is 7.21. The third-order valence-electron chi connectivity index (χ3n) is 2.43. The predicted octanol–water partition coefficient (Wildman–Crippen LogP) is 2.03. The SMILES string of the molecule is CNC(=O)CNC(=O)c1sc2ccccc2c1Cl. The maximum absolute atomic E-state index is 11.9. The van der Waals surface area contributed by atoms with E-state index in [4.69, 9.17) is 11.6 Å². The van der Waals surface area contributed by atoms with Crippen LogP contribution in [0, 0.1) is 0 Å². The van der Waals surface area contributed by atoms with Gasteiger partial charge in [-0.3, -0.25) is 9.59 Å².